The zero-order valence-electron chi connectivity index (χ0n) is 17.5. The van der Waals surface area contributed by atoms with Gasteiger partial charge in [0.1, 0.15) is 5.54 Å². The van der Waals surface area contributed by atoms with E-state index in [-0.39, 0.29) is 27.8 Å². The second kappa shape index (κ2) is 8.53. The Morgan fingerprint density at radius 3 is 2.47 bits per heavy atom. The molecule has 7 heteroatoms. The van der Waals surface area contributed by atoms with Gasteiger partial charge in [0.05, 0.1) is 23.4 Å². The molecular formula is C25H21FN4OS. The molecule has 1 saturated carbocycles. The van der Waals surface area contributed by atoms with E-state index in [0.717, 1.165) is 30.5 Å². The van der Waals surface area contributed by atoms with E-state index in [1.807, 2.05) is 35.2 Å². The summed E-state index contributed by atoms with van der Waals surface area (Å²) in [5.41, 5.74) is 1.33. The summed E-state index contributed by atoms with van der Waals surface area (Å²) in [5, 5.41) is 18.2. The van der Waals surface area contributed by atoms with Gasteiger partial charge in [-0.05, 0) is 74.2 Å². The molecule has 2 aromatic rings. The molecule has 1 amide bonds. The van der Waals surface area contributed by atoms with Gasteiger partial charge in [0, 0.05) is 17.7 Å². The lowest BCUT2D eigenvalue weighted by atomic mass is 9.75. The molecule has 0 N–H and O–H groups in total. The Bertz CT molecular complexity index is 1190. The molecule has 2 aromatic carbocycles. The predicted molar refractivity (Wildman–Crippen MR) is 125 cm³/mol. The number of nitriles is 2. The van der Waals surface area contributed by atoms with Gasteiger partial charge in [0.25, 0.3) is 5.91 Å². The minimum Gasteiger partial charge on any atom is -0.303 e. The summed E-state index contributed by atoms with van der Waals surface area (Å²) >= 11 is 5.71. The van der Waals surface area contributed by atoms with Crippen molar-refractivity contribution in [2.75, 3.05) is 9.80 Å². The fourth-order valence-electron chi connectivity index (χ4n) is 4.43. The summed E-state index contributed by atoms with van der Waals surface area (Å²) in [4.78, 5) is 16.7. The van der Waals surface area contributed by atoms with Crippen LogP contribution in [0.1, 0.15) is 48.8 Å². The van der Waals surface area contributed by atoms with Crippen LogP contribution >= 0.6 is 12.2 Å². The Morgan fingerprint density at radius 2 is 1.91 bits per heavy atom. The molecule has 32 heavy (non-hydrogen) atoms. The van der Waals surface area contributed by atoms with E-state index in [2.05, 4.69) is 12.6 Å². The summed E-state index contributed by atoms with van der Waals surface area (Å²) in [7, 11) is 0. The number of amides is 1. The van der Waals surface area contributed by atoms with Gasteiger partial charge < -0.3 is 4.90 Å². The van der Waals surface area contributed by atoms with Crippen molar-refractivity contribution in [1.29, 1.82) is 10.5 Å². The number of halogens is 1. The molecule has 5 nitrogen and oxygen atoms in total. The number of aryl methyl sites for hydroxylation is 1. The van der Waals surface area contributed by atoms with Crippen molar-refractivity contribution >= 4 is 40.7 Å². The van der Waals surface area contributed by atoms with Crippen LogP contribution in [0.25, 0.3) is 6.08 Å². The molecule has 4 rings (SSSR count). The smallest absolute Gasteiger partial charge is 0.259 e. The van der Waals surface area contributed by atoms with E-state index in [4.69, 9.17) is 17.5 Å². The number of hydrogen-bond donors (Lipinski definition) is 0. The summed E-state index contributed by atoms with van der Waals surface area (Å²) < 4.78 is 15.3. The predicted octanol–water partition coefficient (Wildman–Crippen LogP) is 5.25. The molecule has 2 aliphatic rings. The van der Waals surface area contributed by atoms with Crippen molar-refractivity contribution in [1.82, 2.24) is 0 Å². The molecule has 2 fully saturated rings. The van der Waals surface area contributed by atoms with Crippen LogP contribution in [-0.4, -0.2) is 16.6 Å². The van der Waals surface area contributed by atoms with Gasteiger partial charge in [-0.2, -0.15) is 10.5 Å². The van der Waals surface area contributed by atoms with Gasteiger partial charge in [-0.25, -0.2) is 4.39 Å². The van der Waals surface area contributed by atoms with E-state index in [0.29, 0.717) is 19.3 Å². The van der Waals surface area contributed by atoms with Gasteiger partial charge in [-0.3, -0.25) is 9.69 Å². The van der Waals surface area contributed by atoms with Crippen molar-refractivity contribution in [2.24, 2.45) is 0 Å². The first-order chi connectivity index (χ1) is 15.5. The van der Waals surface area contributed by atoms with Crippen LogP contribution in [0.2, 0.25) is 0 Å². The monoisotopic (exact) mass is 444 g/mol. The summed E-state index contributed by atoms with van der Waals surface area (Å²) in [6.45, 7) is 3.60. The maximum absolute atomic E-state index is 15.3. The molecular weight excluding hydrogens is 423 g/mol. The molecule has 1 spiro atoms. The van der Waals surface area contributed by atoms with Crippen molar-refractivity contribution in [3.63, 3.8) is 0 Å². The topological polar surface area (TPSA) is 71.1 Å². The Kier molecular flexibility index (Phi) is 5.78. The maximum atomic E-state index is 15.3. The van der Waals surface area contributed by atoms with E-state index in [1.54, 1.807) is 0 Å². The fraction of sp³-hybridized carbons (Fsp3) is 0.280. The van der Waals surface area contributed by atoms with Crippen molar-refractivity contribution in [3.05, 3.63) is 65.5 Å². The summed E-state index contributed by atoms with van der Waals surface area (Å²) in [6, 6.07) is 14.8. The highest BCUT2D eigenvalue weighted by molar-refractivity contribution is 7.81. The van der Waals surface area contributed by atoms with Crippen molar-refractivity contribution < 1.29 is 9.18 Å². The Balaban J connectivity index is 1.72. The first-order valence-electron chi connectivity index (χ1n) is 10.5. The van der Waals surface area contributed by atoms with Crippen LogP contribution in [0.5, 0.6) is 0 Å². The third-order valence-corrected chi connectivity index (χ3v) is 6.63. The lowest BCUT2D eigenvalue weighted by Gasteiger charge is -2.43. The Labute approximate surface area is 192 Å². The first-order valence-corrected chi connectivity index (χ1v) is 10.9. The first kappa shape index (κ1) is 21.7. The molecule has 0 bridgehead atoms. The molecule has 1 aliphatic heterocycles. The number of carbonyl (C=O) groups excluding carboxylic acids is 1. The molecule has 1 aliphatic carbocycles. The van der Waals surface area contributed by atoms with Crippen LogP contribution in [0.3, 0.4) is 0 Å². The van der Waals surface area contributed by atoms with Crippen LogP contribution < -0.4 is 9.80 Å². The number of unbranched alkanes of at least 4 members (excludes halogenated alkanes) is 1. The van der Waals surface area contributed by atoms with E-state index in [9.17, 15) is 10.1 Å². The molecule has 0 atom stereocenters. The number of benzene rings is 2. The SMILES string of the molecule is C=Cc1c(C#N)ccc(N2C(=O)C3(CCC3)N(c3ccc(CCCC#N)cc3)C2=S)c1F. The van der Waals surface area contributed by atoms with Crippen LogP contribution in [-0.2, 0) is 11.2 Å². The molecule has 0 unspecified atom stereocenters. The number of hydrogen-bond acceptors (Lipinski definition) is 4. The molecule has 1 heterocycles. The van der Waals surface area contributed by atoms with Crippen LogP contribution in [0.15, 0.2) is 43.0 Å². The van der Waals surface area contributed by atoms with Gasteiger partial charge in [0.15, 0.2) is 10.9 Å². The lowest BCUT2D eigenvalue weighted by molar-refractivity contribution is -0.123. The molecule has 0 aromatic heterocycles. The highest BCUT2D eigenvalue weighted by atomic mass is 32.1. The Morgan fingerprint density at radius 1 is 1.19 bits per heavy atom. The van der Waals surface area contributed by atoms with E-state index in [1.165, 1.54) is 23.1 Å². The average Bonchev–Trinajstić information content (AvgIpc) is 3.01. The minimum atomic E-state index is -0.811. The summed E-state index contributed by atoms with van der Waals surface area (Å²) in [6.07, 6.45) is 5.54. The fourth-order valence-corrected chi connectivity index (χ4v) is 4.89. The summed E-state index contributed by atoms with van der Waals surface area (Å²) in [5.74, 6) is -0.926. The number of carbonyl (C=O) groups is 1. The van der Waals surface area contributed by atoms with Gasteiger partial charge in [-0.1, -0.05) is 24.8 Å². The number of anilines is 2. The second-order valence-corrected chi connectivity index (χ2v) is 8.36. The van der Waals surface area contributed by atoms with Gasteiger partial charge in [0.2, 0.25) is 0 Å². The zero-order valence-corrected chi connectivity index (χ0v) is 18.3. The zero-order chi connectivity index (χ0) is 22.9. The Hall–Kier alpha value is -3.55. The largest absolute Gasteiger partial charge is 0.303 e. The normalized spacial score (nSPS) is 16.6. The van der Waals surface area contributed by atoms with Crippen molar-refractivity contribution in [3.8, 4) is 12.1 Å². The number of rotatable bonds is 6. The average molecular weight is 445 g/mol. The van der Waals surface area contributed by atoms with E-state index < -0.39 is 11.4 Å². The van der Waals surface area contributed by atoms with E-state index >= 15 is 4.39 Å². The van der Waals surface area contributed by atoms with Crippen molar-refractivity contribution in [2.45, 2.75) is 44.1 Å². The molecule has 160 valence electrons. The van der Waals surface area contributed by atoms with Gasteiger partial charge >= 0.3 is 0 Å². The standard InChI is InChI=1S/C25H21FN4OS/c1-2-20-18(16-28)9-12-21(22(20)26)29-23(31)25(13-5-14-25)30(24(29)32)19-10-7-17(8-11-19)6-3-4-15-27/h2,7-12H,1,3-6,13-14H2. The quantitative estimate of drug-likeness (QED) is 0.450. The minimum absolute atomic E-state index is 0.0378. The highest BCUT2D eigenvalue weighted by Gasteiger charge is 2.59. The third-order valence-electron chi connectivity index (χ3n) is 6.27. The van der Waals surface area contributed by atoms with Crippen LogP contribution in [0.4, 0.5) is 15.8 Å². The molecule has 0 radical (unpaired) electrons. The second-order valence-electron chi connectivity index (χ2n) is 8.00. The third kappa shape index (κ3) is 3.26. The van der Waals surface area contributed by atoms with Crippen LogP contribution in [0, 0.1) is 28.5 Å². The highest BCUT2D eigenvalue weighted by Crippen LogP contribution is 2.48. The van der Waals surface area contributed by atoms with Gasteiger partial charge in [-0.15, -0.1) is 0 Å². The lowest BCUT2D eigenvalue weighted by Crippen LogP contribution is -2.55. The number of nitrogens with zero attached hydrogens (tertiary/aromatic N) is 4. The maximum Gasteiger partial charge on any atom is 0.259 e. The number of thiocarbonyl (C=S) groups is 1. The molecule has 1 saturated heterocycles.